The molecule has 0 rings (SSSR count). The Hall–Kier alpha value is -0.299. The molecular weight excluding hydrogens is 553 g/mol. The number of hydrogen-bond donors (Lipinski definition) is 1. The lowest BCUT2D eigenvalue weighted by molar-refractivity contribution is -0.139. The van der Waals surface area contributed by atoms with Crippen LogP contribution in [0.25, 0.3) is 0 Å². The van der Waals surface area contributed by atoms with Crippen LogP contribution >= 0.6 is 0 Å². The first-order chi connectivity index (χ1) is 17.8. The van der Waals surface area contributed by atoms with E-state index in [1.807, 2.05) is 6.08 Å². The third-order valence-electron chi connectivity index (χ3n) is 9.33. The summed E-state index contributed by atoms with van der Waals surface area (Å²) in [5.74, 6) is -0.832. The van der Waals surface area contributed by atoms with Gasteiger partial charge in [0.25, 0.3) is 0 Å². The van der Waals surface area contributed by atoms with Gasteiger partial charge in [0, 0.05) is 19.3 Å². The highest BCUT2D eigenvalue weighted by molar-refractivity contribution is 6.75. The van der Waals surface area contributed by atoms with E-state index in [1.54, 1.807) is 0 Å². The SMILES string of the molecule is C=CC[C@@H](C[C@@H](CCOCC[C@H](CC(=O)O)O[Si](C)(C)C(C)(C)C)O[Si](C)(C)C(C)(C)C)O[Si](C)(C)C(C)(C)C. The molecule has 0 spiro atoms. The maximum absolute atomic E-state index is 11.5. The van der Waals surface area contributed by atoms with Crippen LogP contribution in [-0.4, -0.2) is 67.6 Å². The topological polar surface area (TPSA) is 74.2 Å². The minimum Gasteiger partial charge on any atom is -0.481 e. The van der Waals surface area contributed by atoms with E-state index in [-0.39, 0.29) is 39.8 Å². The molecule has 0 aromatic rings. The van der Waals surface area contributed by atoms with Gasteiger partial charge in [-0.15, -0.1) is 6.58 Å². The Kier molecular flexibility index (Phi) is 15.3. The smallest absolute Gasteiger partial charge is 0.305 e. The zero-order chi connectivity index (χ0) is 31.8. The molecule has 0 saturated heterocycles. The van der Waals surface area contributed by atoms with E-state index in [0.29, 0.717) is 19.6 Å². The summed E-state index contributed by atoms with van der Waals surface area (Å²) in [4.78, 5) is 11.5. The summed E-state index contributed by atoms with van der Waals surface area (Å²) in [6, 6.07) is 0. The van der Waals surface area contributed by atoms with Crippen LogP contribution < -0.4 is 0 Å². The quantitative estimate of drug-likeness (QED) is 0.0937. The summed E-state index contributed by atoms with van der Waals surface area (Å²) in [5.41, 5.74) is 0. The van der Waals surface area contributed by atoms with Crippen molar-refractivity contribution in [3.05, 3.63) is 12.7 Å². The van der Waals surface area contributed by atoms with Crippen molar-refractivity contribution in [1.82, 2.24) is 0 Å². The molecule has 0 aromatic carbocycles. The molecule has 6 nitrogen and oxygen atoms in total. The first kappa shape index (κ1) is 39.7. The summed E-state index contributed by atoms with van der Waals surface area (Å²) in [5, 5.41) is 9.71. The molecule has 1 N–H and O–H groups in total. The minimum absolute atomic E-state index is 0.000994. The maximum atomic E-state index is 11.5. The lowest BCUT2D eigenvalue weighted by Crippen LogP contribution is -2.47. The molecular formula is C31H66O6Si3. The van der Waals surface area contributed by atoms with Crippen molar-refractivity contribution in [3.8, 4) is 0 Å². The fourth-order valence-electron chi connectivity index (χ4n) is 3.61. The van der Waals surface area contributed by atoms with Crippen molar-refractivity contribution in [3.63, 3.8) is 0 Å². The molecule has 3 atom stereocenters. The largest absolute Gasteiger partial charge is 0.481 e. The summed E-state index contributed by atoms with van der Waals surface area (Å²) in [6.45, 7) is 38.7. The highest BCUT2D eigenvalue weighted by atomic mass is 28.4. The van der Waals surface area contributed by atoms with Gasteiger partial charge < -0.3 is 23.1 Å². The van der Waals surface area contributed by atoms with Gasteiger partial charge in [0.05, 0.1) is 18.6 Å². The normalized spacial score (nSPS) is 16.5. The van der Waals surface area contributed by atoms with Gasteiger partial charge in [0.1, 0.15) is 0 Å². The Labute approximate surface area is 251 Å². The van der Waals surface area contributed by atoms with Gasteiger partial charge >= 0.3 is 5.97 Å². The Morgan fingerprint density at radius 1 is 0.700 bits per heavy atom. The molecule has 238 valence electrons. The predicted octanol–water partition coefficient (Wildman–Crippen LogP) is 9.40. The Morgan fingerprint density at radius 3 is 1.40 bits per heavy atom. The van der Waals surface area contributed by atoms with Crippen molar-refractivity contribution >= 4 is 30.9 Å². The molecule has 0 aliphatic carbocycles. The molecule has 9 heteroatoms. The van der Waals surface area contributed by atoms with Crippen molar-refractivity contribution in [2.75, 3.05) is 13.2 Å². The van der Waals surface area contributed by atoms with Crippen LogP contribution in [-0.2, 0) is 22.8 Å². The number of aliphatic carboxylic acids is 1. The summed E-state index contributed by atoms with van der Waals surface area (Å²) >= 11 is 0. The van der Waals surface area contributed by atoms with Gasteiger partial charge in [0.15, 0.2) is 25.0 Å². The fourth-order valence-corrected chi connectivity index (χ4v) is 7.77. The summed E-state index contributed by atoms with van der Waals surface area (Å²) in [6.07, 6.45) is 4.65. The van der Waals surface area contributed by atoms with E-state index in [9.17, 15) is 9.90 Å². The monoisotopic (exact) mass is 618 g/mol. The van der Waals surface area contributed by atoms with Gasteiger partial charge in [-0.25, -0.2) is 0 Å². The van der Waals surface area contributed by atoms with E-state index < -0.39 is 30.9 Å². The van der Waals surface area contributed by atoms with Gasteiger partial charge in [0.2, 0.25) is 0 Å². The van der Waals surface area contributed by atoms with Crippen LogP contribution in [0.3, 0.4) is 0 Å². The molecule has 0 aromatic heterocycles. The van der Waals surface area contributed by atoms with Crippen LogP contribution in [0.5, 0.6) is 0 Å². The molecule has 0 amide bonds. The maximum Gasteiger partial charge on any atom is 0.305 e. The highest BCUT2D eigenvalue weighted by Crippen LogP contribution is 2.41. The van der Waals surface area contributed by atoms with Crippen molar-refractivity contribution in [2.24, 2.45) is 0 Å². The van der Waals surface area contributed by atoms with E-state index in [0.717, 1.165) is 19.3 Å². The molecule has 0 aliphatic heterocycles. The first-order valence-electron chi connectivity index (χ1n) is 15.2. The average Bonchev–Trinajstić information content (AvgIpc) is 2.69. The van der Waals surface area contributed by atoms with Crippen LogP contribution in [0.2, 0.25) is 54.4 Å². The molecule has 0 saturated carbocycles. The Bertz CT molecular complexity index is 775. The van der Waals surface area contributed by atoms with Crippen molar-refractivity contribution in [1.29, 1.82) is 0 Å². The molecule has 0 radical (unpaired) electrons. The first-order valence-corrected chi connectivity index (χ1v) is 23.9. The van der Waals surface area contributed by atoms with Crippen LogP contribution in [0.4, 0.5) is 0 Å². The summed E-state index contributed by atoms with van der Waals surface area (Å²) < 4.78 is 26.3. The fraction of sp³-hybridized carbons (Fsp3) is 0.903. The van der Waals surface area contributed by atoms with Gasteiger partial charge in [-0.1, -0.05) is 68.4 Å². The van der Waals surface area contributed by atoms with E-state index in [2.05, 4.69) is 108 Å². The highest BCUT2D eigenvalue weighted by Gasteiger charge is 2.42. The molecule has 0 bridgehead atoms. The third kappa shape index (κ3) is 13.8. The van der Waals surface area contributed by atoms with Crippen LogP contribution in [0.1, 0.15) is 94.4 Å². The zero-order valence-corrected chi connectivity index (χ0v) is 32.0. The zero-order valence-electron chi connectivity index (χ0n) is 29.0. The average molecular weight is 619 g/mol. The Morgan fingerprint density at radius 2 is 1.05 bits per heavy atom. The number of ether oxygens (including phenoxy) is 1. The molecule has 0 aliphatic rings. The molecule has 0 unspecified atom stereocenters. The van der Waals surface area contributed by atoms with Gasteiger partial charge in [-0.05, 0) is 80.1 Å². The number of carboxylic acid groups (broad SMARTS) is 1. The molecule has 40 heavy (non-hydrogen) atoms. The molecule has 0 heterocycles. The van der Waals surface area contributed by atoms with Gasteiger partial charge in [-0.2, -0.15) is 0 Å². The van der Waals surface area contributed by atoms with E-state index >= 15 is 0 Å². The van der Waals surface area contributed by atoms with E-state index in [4.69, 9.17) is 18.0 Å². The van der Waals surface area contributed by atoms with Crippen LogP contribution in [0, 0.1) is 0 Å². The second-order valence-corrected chi connectivity index (χ2v) is 30.3. The second-order valence-electron chi connectivity index (χ2n) is 16.0. The van der Waals surface area contributed by atoms with Crippen LogP contribution in [0.15, 0.2) is 12.7 Å². The number of carboxylic acids is 1. The Balaban J connectivity index is 5.48. The number of hydrogen-bond acceptors (Lipinski definition) is 5. The van der Waals surface area contributed by atoms with Crippen molar-refractivity contribution in [2.45, 2.75) is 167 Å². The third-order valence-corrected chi connectivity index (χ3v) is 22.9. The standard InChI is InChI=1S/C31H66O6Si3/c1-17-18-25(35-38(11,12)29(2,3)4)23-26(36-39(13,14)30(5,6)7)19-21-34-22-20-27(24-28(32)33)37-40(15,16)31(8,9)10/h17,25-27H,1,18-24H2,2-16H3,(H,32,33)/t25-,26+,27+/m0/s1. The summed E-state index contributed by atoms with van der Waals surface area (Å²) in [7, 11) is -6.04. The van der Waals surface area contributed by atoms with Gasteiger partial charge in [-0.3, -0.25) is 4.79 Å². The van der Waals surface area contributed by atoms with Crippen molar-refractivity contribution < 1.29 is 27.9 Å². The lowest BCUT2D eigenvalue weighted by Gasteiger charge is -2.42. The minimum atomic E-state index is -2.08. The number of carbonyl (C=O) groups is 1. The van der Waals surface area contributed by atoms with E-state index in [1.165, 1.54) is 0 Å². The lowest BCUT2D eigenvalue weighted by atomic mass is 10.1. The second kappa shape index (κ2) is 15.4. The predicted molar refractivity (Wildman–Crippen MR) is 178 cm³/mol. The number of rotatable bonds is 18. The molecule has 0 fully saturated rings.